The average Bonchev–Trinajstić information content (AvgIpc) is 2.89. The molecule has 0 spiro atoms. The van der Waals surface area contributed by atoms with Gasteiger partial charge < -0.3 is 9.47 Å². The maximum absolute atomic E-state index is 10.6. The summed E-state index contributed by atoms with van der Waals surface area (Å²) in [5, 5.41) is 0. The van der Waals surface area contributed by atoms with Gasteiger partial charge in [-0.3, -0.25) is 9.59 Å². The third kappa shape index (κ3) is 41.5. The highest BCUT2D eigenvalue weighted by atomic mass is 16.5. The molecule has 0 amide bonds. The Kier molecular flexibility index (Phi) is 35.9. The molecule has 4 nitrogen and oxygen atoms in total. The lowest BCUT2D eigenvalue weighted by molar-refractivity contribution is -0.142. The van der Waals surface area contributed by atoms with Crippen molar-refractivity contribution in [2.75, 3.05) is 13.2 Å². The number of allylic oxidation sites excluding steroid dienone is 4. The van der Waals surface area contributed by atoms with Crippen LogP contribution in [0.2, 0.25) is 0 Å². The Morgan fingerprint density at radius 2 is 0.711 bits per heavy atom. The van der Waals surface area contributed by atoms with Crippen LogP contribution in [0.5, 0.6) is 0 Å². The van der Waals surface area contributed by atoms with E-state index in [2.05, 4.69) is 38.2 Å². The largest absolute Gasteiger partial charge is 0.466 e. The highest BCUT2D eigenvalue weighted by Crippen LogP contribution is 2.10. The molecule has 0 rings (SSSR count). The van der Waals surface area contributed by atoms with Gasteiger partial charge in [-0.05, 0) is 57.8 Å². The number of carbonyl (C=O) groups is 2. The van der Waals surface area contributed by atoms with Gasteiger partial charge in [0.1, 0.15) is 0 Å². The second-order valence-electron chi connectivity index (χ2n) is 10.4. The first-order chi connectivity index (χ1) is 18.5. The molecule has 38 heavy (non-hydrogen) atoms. The van der Waals surface area contributed by atoms with E-state index in [9.17, 15) is 9.59 Å². The second kappa shape index (κ2) is 35.4. The topological polar surface area (TPSA) is 52.6 Å². The van der Waals surface area contributed by atoms with Gasteiger partial charge in [0.2, 0.25) is 0 Å². The quantitative estimate of drug-likeness (QED) is 0.0626. The molecule has 0 aromatic carbocycles. The molecule has 0 aliphatic heterocycles. The van der Waals surface area contributed by atoms with Gasteiger partial charge in [-0.15, -0.1) is 0 Å². The van der Waals surface area contributed by atoms with E-state index in [1.165, 1.54) is 142 Å². The van der Waals surface area contributed by atoms with E-state index in [4.69, 9.17) is 9.47 Å². The SMILES string of the molecule is CCCC/C=C\CCCCCCCCCCOC(C)=O.CCCCC/C=C\CCCCCCCOC(C)=O. The fourth-order valence-corrected chi connectivity index (χ4v) is 4.06. The van der Waals surface area contributed by atoms with Crippen molar-refractivity contribution in [3.8, 4) is 0 Å². The molecule has 0 fully saturated rings. The predicted octanol–water partition coefficient (Wildman–Crippen LogP) is 10.8. The van der Waals surface area contributed by atoms with E-state index in [1.54, 1.807) is 0 Å². The standard InChI is InChI=1S/C18H34O2.C16H30O2/c1-3-4-5-6-7-8-9-10-11-12-13-14-15-16-17-20-18(2)19;1-3-4-5-6-7-8-9-10-11-12-13-14-15-18-16(2)17/h6-7H,3-5,8-17H2,1-2H3;7-8H,3-6,9-15H2,1-2H3/b7-6-;8-7-. The Labute approximate surface area is 237 Å². The maximum Gasteiger partial charge on any atom is 0.302 e. The molecule has 4 heteroatoms. The Morgan fingerprint density at radius 1 is 0.421 bits per heavy atom. The van der Waals surface area contributed by atoms with Crippen LogP contribution >= 0.6 is 0 Å². The first kappa shape index (κ1) is 38.6. The van der Waals surface area contributed by atoms with Crippen molar-refractivity contribution in [3.05, 3.63) is 24.3 Å². The molecule has 0 radical (unpaired) electrons. The molecule has 0 N–H and O–H groups in total. The lowest BCUT2D eigenvalue weighted by Crippen LogP contribution is -2.00. The molecule has 0 aliphatic rings. The van der Waals surface area contributed by atoms with Crippen molar-refractivity contribution >= 4 is 11.9 Å². The number of ether oxygens (including phenoxy) is 2. The van der Waals surface area contributed by atoms with Gasteiger partial charge in [-0.25, -0.2) is 0 Å². The van der Waals surface area contributed by atoms with E-state index in [1.807, 2.05) is 0 Å². The number of hydrogen-bond acceptors (Lipinski definition) is 4. The molecular weight excluding hydrogens is 472 g/mol. The normalized spacial score (nSPS) is 11.1. The van der Waals surface area contributed by atoms with E-state index in [0.29, 0.717) is 13.2 Å². The zero-order chi connectivity index (χ0) is 28.4. The minimum atomic E-state index is -0.164. The molecule has 224 valence electrons. The summed E-state index contributed by atoms with van der Waals surface area (Å²) in [4.78, 5) is 21.1. The average molecular weight is 537 g/mol. The fourth-order valence-electron chi connectivity index (χ4n) is 4.06. The Balaban J connectivity index is 0. The van der Waals surface area contributed by atoms with Crippen LogP contribution in [0.1, 0.15) is 169 Å². The van der Waals surface area contributed by atoms with Crippen LogP contribution in [-0.2, 0) is 19.1 Å². The number of carbonyl (C=O) groups excluding carboxylic acids is 2. The van der Waals surface area contributed by atoms with Gasteiger partial charge in [0.05, 0.1) is 13.2 Å². The van der Waals surface area contributed by atoms with Crippen LogP contribution in [0.4, 0.5) is 0 Å². The summed E-state index contributed by atoms with van der Waals surface area (Å²) in [5.41, 5.74) is 0. The van der Waals surface area contributed by atoms with E-state index in [-0.39, 0.29) is 11.9 Å². The lowest BCUT2D eigenvalue weighted by atomic mass is 10.1. The highest BCUT2D eigenvalue weighted by molar-refractivity contribution is 5.66. The summed E-state index contributed by atoms with van der Waals surface area (Å²) < 4.78 is 9.79. The van der Waals surface area contributed by atoms with Gasteiger partial charge in [0.15, 0.2) is 0 Å². The van der Waals surface area contributed by atoms with Crippen molar-refractivity contribution in [2.24, 2.45) is 0 Å². The summed E-state index contributed by atoms with van der Waals surface area (Å²) >= 11 is 0. The van der Waals surface area contributed by atoms with Crippen molar-refractivity contribution in [1.29, 1.82) is 0 Å². The zero-order valence-electron chi connectivity index (χ0n) is 25.9. The molecule has 0 atom stereocenters. The van der Waals surface area contributed by atoms with Gasteiger partial charge >= 0.3 is 11.9 Å². The summed E-state index contributed by atoms with van der Waals surface area (Å²) in [6, 6.07) is 0. The minimum Gasteiger partial charge on any atom is -0.466 e. The first-order valence-corrected chi connectivity index (χ1v) is 16.1. The Morgan fingerprint density at radius 3 is 1.05 bits per heavy atom. The van der Waals surface area contributed by atoms with Crippen LogP contribution in [0, 0.1) is 0 Å². The molecule has 0 aliphatic carbocycles. The van der Waals surface area contributed by atoms with Gasteiger partial charge in [-0.1, -0.05) is 122 Å². The molecule has 0 aromatic rings. The van der Waals surface area contributed by atoms with Crippen LogP contribution in [-0.4, -0.2) is 25.2 Å². The van der Waals surface area contributed by atoms with Gasteiger partial charge in [0, 0.05) is 13.8 Å². The van der Waals surface area contributed by atoms with E-state index in [0.717, 1.165) is 12.8 Å². The van der Waals surface area contributed by atoms with Crippen LogP contribution in [0.25, 0.3) is 0 Å². The summed E-state index contributed by atoms with van der Waals surface area (Å²) in [5.74, 6) is -0.322. The Hall–Kier alpha value is -1.58. The molecule has 0 saturated carbocycles. The zero-order valence-corrected chi connectivity index (χ0v) is 25.9. The Bertz CT molecular complexity index is 539. The number of esters is 2. The summed E-state index contributed by atoms with van der Waals surface area (Å²) in [6.07, 6.45) is 37.2. The summed E-state index contributed by atoms with van der Waals surface area (Å²) in [7, 11) is 0. The number of hydrogen-bond donors (Lipinski definition) is 0. The summed E-state index contributed by atoms with van der Waals surface area (Å²) in [6.45, 7) is 8.60. The van der Waals surface area contributed by atoms with Crippen molar-refractivity contribution in [3.63, 3.8) is 0 Å². The molecule has 0 aromatic heterocycles. The maximum atomic E-state index is 10.6. The van der Waals surface area contributed by atoms with E-state index < -0.39 is 0 Å². The van der Waals surface area contributed by atoms with Gasteiger partial charge in [0.25, 0.3) is 0 Å². The smallest absolute Gasteiger partial charge is 0.302 e. The molecule has 0 heterocycles. The molecule has 0 bridgehead atoms. The van der Waals surface area contributed by atoms with Crippen molar-refractivity contribution in [1.82, 2.24) is 0 Å². The van der Waals surface area contributed by atoms with Crippen LogP contribution < -0.4 is 0 Å². The minimum absolute atomic E-state index is 0.159. The number of rotatable bonds is 26. The van der Waals surface area contributed by atoms with E-state index >= 15 is 0 Å². The lowest BCUT2D eigenvalue weighted by Gasteiger charge is -2.02. The molecule has 0 unspecified atom stereocenters. The third-order valence-electron chi connectivity index (χ3n) is 6.42. The van der Waals surface area contributed by atoms with Crippen molar-refractivity contribution < 1.29 is 19.1 Å². The molecule has 0 saturated heterocycles. The predicted molar refractivity (Wildman–Crippen MR) is 164 cm³/mol. The van der Waals surface area contributed by atoms with Gasteiger partial charge in [-0.2, -0.15) is 0 Å². The van der Waals surface area contributed by atoms with Crippen LogP contribution in [0.3, 0.4) is 0 Å². The highest BCUT2D eigenvalue weighted by Gasteiger charge is 1.95. The second-order valence-corrected chi connectivity index (χ2v) is 10.4. The molecular formula is C34H64O4. The van der Waals surface area contributed by atoms with Crippen molar-refractivity contribution in [2.45, 2.75) is 169 Å². The third-order valence-corrected chi connectivity index (χ3v) is 6.42. The fraction of sp³-hybridized carbons (Fsp3) is 0.824. The monoisotopic (exact) mass is 536 g/mol. The number of unbranched alkanes of at least 4 members (excludes halogenated alkanes) is 18. The van der Waals surface area contributed by atoms with Crippen LogP contribution in [0.15, 0.2) is 24.3 Å². The first-order valence-electron chi connectivity index (χ1n) is 16.1.